The van der Waals surface area contributed by atoms with Crippen molar-refractivity contribution in [3.05, 3.63) is 59.2 Å². The SMILES string of the molecule is Cc1ccc(C2CNNC2C2CCCN(C(=O)c3cncnc3C)C2)cc1. The maximum Gasteiger partial charge on any atom is 0.257 e. The average Bonchev–Trinajstić information content (AvgIpc) is 3.18. The number of carbonyl (C=O) groups excluding carboxylic acids is 1. The molecule has 4 rings (SSSR count). The van der Waals surface area contributed by atoms with Crippen LogP contribution < -0.4 is 10.9 Å². The molecule has 2 N–H and O–H groups in total. The smallest absolute Gasteiger partial charge is 0.257 e. The number of amides is 1. The molecule has 2 aromatic rings. The molecule has 0 radical (unpaired) electrons. The summed E-state index contributed by atoms with van der Waals surface area (Å²) in [6.07, 6.45) is 5.29. The lowest BCUT2D eigenvalue weighted by Gasteiger charge is -2.37. The van der Waals surface area contributed by atoms with Gasteiger partial charge in [0.25, 0.3) is 5.91 Å². The molecule has 0 saturated carbocycles. The second kappa shape index (κ2) is 7.74. The molecule has 6 nitrogen and oxygen atoms in total. The van der Waals surface area contributed by atoms with Crippen LogP contribution in [0.1, 0.15) is 45.9 Å². The lowest BCUT2D eigenvalue weighted by Crippen LogP contribution is -2.48. The molecule has 3 heterocycles. The number of benzene rings is 1. The summed E-state index contributed by atoms with van der Waals surface area (Å²) in [5, 5.41) is 0. The van der Waals surface area contributed by atoms with E-state index >= 15 is 0 Å². The first-order valence-corrected chi connectivity index (χ1v) is 9.74. The van der Waals surface area contributed by atoms with Crippen LogP contribution >= 0.6 is 0 Å². The standard InChI is InChI=1S/C21H27N5O/c1-14-5-7-16(8-6-14)19-11-24-25-20(19)17-4-3-9-26(12-17)21(27)18-10-22-13-23-15(18)2/h5-8,10,13,17,19-20,24-25H,3-4,9,11-12H2,1-2H3. The van der Waals surface area contributed by atoms with Gasteiger partial charge in [-0.1, -0.05) is 29.8 Å². The fourth-order valence-electron chi connectivity index (χ4n) is 4.36. The predicted molar refractivity (Wildman–Crippen MR) is 104 cm³/mol. The van der Waals surface area contributed by atoms with Crippen LogP contribution in [-0.4, -0.2) is 46.5 Å². The summed E-state index contributed by atoms with van der Waals surface area (Å²) in [5.41, 5.74) is 10.8. The highest BCUT2D eigenvalue weighted by atomic mass is 16.2. The number of rotatable bonds is 3. The van der Waals surface area contributed by atoms with E-state index in [4.69, 9.17) is 0 Å². The van der Waals surface area contributed by atoms with Crippen molar-refractivity contribution < 1.29 is 4.79 Å². The minimum Gasteiger partial charge on any atom is -0.338 e. The zero-order valence-electron chi connectivity index (χ0n) is 16.0. The van der Waals surface area contributed by atoms with E-state index in [0.29, 0.717) is 23.4 Å². The molecule has 0 spiro atoms. The van der Waals surface area contributed by atoms with Crippen LogP contribution in [0.5, 0.6) is 0 Å². The van der Waals surface area contributed by atoms with Crippen LogP contribution in [-0.2, 0) is 0 Å². The second-order valence-electron chi connectivity index (χ2n) is 7.74. The number of carbonyl (C=O) groups is 1. The van der Waals surface area contributed by atoms with Gasteiger partial charge in [0.15, 0.2) is 0 Å². The Morgan fingerprint density at radius 2 is 2.04 bits per heavy atom. The Hall–Kier alpha value is -2.31. The average molecular weight is 365 g/mol. The minimum absolute atomic E-state index is 0.0515. The summed E-state index contributed by atoms with van der Waals surface area (Å²) in [6.45, 7) is 6.48. The lowest BCUT2D eigenvalue weighted by atomic mass is 9.81. The van der Waals surface area contributed by atoms with Gasteiger partial charge >= 0.3 is 0 Å². The molecule has 1 aromatic heterocycles. The topological polar surface area (TPSA) is 70.2 Å². The highest BCUT2D eigenvalue weighted by Crippen LogP contribution is 2.32. The summed E-state index contributed by atoms with van der Waals surface area (Å²) < 4.78 is 0. The first-order chi connectivity index (χ1) is 13.1. The van der Waals surface area contributed by atoms with Crippen molar-refractivity contribution in [2.24, 2.45) is 5.92 Å². The van der Waals surface area contributed by atoms with Gasteiger partial charge in [-0.2, -0.15) is 0 Å². The van der Waals surface area contributed by atoms with E-state index in [1.54, 1.807) is 6.20 Å². The van der Waals surface area contributed by atoms with Crippen molar-refractivity contribution in [2.75, 3.05) is 19.6 Å². The first-order valence-electron chi connectivity index (χ1n) is 9.74. The van der Waals surface area contributed by atoms with Crippen molar-refractivity contribution in [1.29, 1.82) is 0 Å². The molecule has 0 aliphatic carbocycles. The predicted octanol–water partition coefficient (Wildman–Crippen LogP) is 2.21. The highest BCUT2D eigenvalue weighted by Gasteiger charge is 2.37. The summed E-state index contributed by atoms with van der Waals surface area (Å²) in [5.74, 6) is 0.900. The van der Waals surface area contributed by atoms with Crippen molar-refractivity contribution in [3.63, 3.8) is 0 Å². The van der Waals surface area contributed by atoms with Gasteiger partial charge in [0.1, 0.15) is 6.33 Å². The zero-order valence-corrected chi connectivity index (χ0v) is 16.0. The molecule has 6 heteroatoms. The van der Waals surface area contributed by atoms with E-state index in [-0.39, 0.29) is 5.91 Å². The number of aryl methyl sites for hydroxylation is 2. The second-order valence-corrected chi connectivity index (χ2v) is 7.74. The quantitative estimate of drug-likeness (QED) is 0.873. The fraction of sp³-hybridized carbons (Fsp3) is 0.476. The van der Waals surface area contributed by atoms with Crippen LogP contribution in [0.3, 0.4) is 0 Å². The Balaban J connectivity index is 1.50. The van der Waals surface area contributed by atoms with Crippen LogP contribution in [0.4, 0.5) is 0 Å². The fourth-order valence-corrected chi connectivity index (χ4v) is 4.36. The van der Waals surface area contributed by atoms with Crippen LogP contribution in [0.15, 0.2) is 36.8 Å². The van der Waals surface area contributed by atoms with Gasteiger partial charge < -0.3 is 4.90 Å². The van der Waals surface area contributed by atoms with Crippen molar-refractivity contribution >= 4 is 5.91 Å². The molecule has 0 bridgehead atoms. The minimum atomic E-state index is 0.0515. The van der Waals surface area contributed by atoms with Crippen LogP contribution in [0, 0.1) is 19.8 Å². The third-order valence-corrected chi connectivity index (χ3v) is 5.92. The van der Waals surface area contributed by atoms with Gasteiger partial charge in [-0.25, -0.2) is 9.97 Å². The van der Waals surface area contributed by atoms with Gasteiger partial charge in [0.2, 0.25) is 0 Å². The molecule has 2 aliphatic heterocycles. The molecule has 1 aromatic carbocycles. The lowest BCUT2D eigenvalue weighted by molar-refractivity contribution is 0.0643. The number of likely N-dealkylation sites (tertiary alicyclic amines) is 1. The molecule has 2 aliphatic rings. The molecule has 27 heavy (non-hydrogen) atoms. The summed E-state index contributed by atoms with van der Waals surface area (Å²) in [6, 6.07) is 9.16. The number of nitrogens with zero attached hydrogens (tertiary/aromatic N) is 3. The number of piperidine rings is 1. The number of hydrogen-bond donors (Lipinski definition) is 2. The third-order valence-electron chi connectivity index (χ3n) is 5.92. The largest absolute Gasteiger partial charge is 0.338 e. The molecule has 142 valence electrons. The molecule has 2 fully saturated rings. The Morgan fingerprint density at radius 3 is 2.81 bits per heavy atom. The number of nitrogens with one attached hydrogen (secondary N) is 2. The summed E-state index contributed by atoms with van der Waals surface area (Å²) >= 11 is 0. The number of aromatic nitrogens is 2. The van der Waals surface area contributed by atoms with E-state index < -0.39 is 0 Å². The normalized spacial score (nSPS) is 25.6. The molecule has 3 atom stereocenters. The number of hydrogen-bond acceptors (Lipinski definition) is 5. The van der Waals surface area contributed by atoms with Gasteiger partial charge in [-0.3, -0.25) is 15.6 Å². The van der Waals surface area contributed by atoms with Crippen LogP contribution in [0.2, 0.25) is 0 Å². The van der Waals surface area contributed by atoms with Crippen molar-refractivity contribution in [2.45, 2.75) is 38.6 Å². The Morgan fingerprint density at radius 1 is 1.22 bits per heavy atom. The van der Waals surface area contributed by atoms with Crippen LogP contribution in [0.25, 0.3) is 0 Å². The zero-order chi connectivity index (χ0) is 18.8. The van der Waals surface area contributed by atoms with Crippen molar-refractivity contribution in [3.8, 4) is 0 Å². The molecular formula is C21H27N5O. The van der Waals surface area contributed by atoms with Gasteiger partial charge in [0.05, 0.1) is 11.3 Å². The maximum atomic E-state index is 13.0. The first kappa shape index (κ1) is 18.1. The monoisotopic (exact) mass is 365 g/mol. The summed E-state index contributed by atoms with van der Waals surface area (Å²) in [7, 11) is 0. The maximum absolute atomic E-state index is 13.0. The summed E-state index contributed by atoms with van der Waals surface area (Å²) in [4.78, 5) is 23.2. The molecule has 3 unspecified atom stereocenters. The van der Waals surface area contributed by atoms with E-state index in [0.717, 1.165) is 38.2 Å². The van der Waals surface area contributed by atoms with E-state index in [1.807, 2.05) is 11.8 Å². The van der Waals surface area contributed by atoms with Gasteiger partial charge in [-0.15, -0.1) is 0 Å². The Labute approximate surface area is 160 Å². The Kier molecular flexibility index (Phi) is 5.18. The highest BCUT2D eigenvalue weighted by molar-refractivity contribution is 5.94. The number of hydrazine groups is 1. The van der Waals surface area contributed by atoms with Gasteiger partial charge in [-0.05, 0) is 38.2 Å². The van der Waals surface area contributed by atoms with E-state index in [2.05, 4.69) is 52.0 Å². The molecule has 2 saturated heterocycles. The van der Waals surface area contributed by atoms with E-state index in [9.17, 15) is 4.79 Å². The molecular weight excluding hydrogens is 338 g/mol. The third kappa shape index (κ3) is 3.73. The Bertz CT molecular complexity index is 806. The van der Waals surface area contributed by atoms with Gasteiger partial charge in [0, 0.05) is 37.8 Å². The van der Waals surface area contributed by atoms with Crippen molar-refractivity contribution in [1.82, 2.24) is 25.7 Å². The molecule has 1 amide bonds. The van der Waals surface area contributed by atoms with E-state index in [1.165, 1.54) is 17.5 Å².